The Morgan fingerprint density at radius 2 is 1.49 bits per heavy atom. The van der Waals surface area contributed by atoms with Crippen molar-refractivity contribution >= 4 is 11.0 Å². The van der Waals surface area contributed by atoms with Crippen LogP contribution in [0.1, 0.15) is 51.7 Å². The van der Waals surface area contributed by atoms with E-state index in [2.05, 4.69) is 56.3 Å². The summed E-state index contributed by atoms with van der Waals surface area (Å²) in [6, 6.07) is 4.32. The highest BCUT2D eigenvalue weighted by Gasteiger charge is 2.25. The zero-order valence-electron chi connectivity index (χ0n) is 23.8. The van der Waals surface area contributed by atoms with Crippen LogP contribution in [-0.4, -0.2) is 75.4 Å². The number of quaternary nitrogens is 2. The van der Waals surface area contributed by atoms with Crippen molar-refractivity contribution in [1.82, 2.24) is 19.1 Å². The van der Waals surface area contributed by atoms with Crippen molar-refractivity contribution in [3.63, 3.8) is 0 Å². The van der Waals surface area contributed by atoms with Gasteiger partial charge >= 0.3 is 5.69 Å². The minimum atomic E-state index is -0.492. The normalized spacial score (nSPS) is 12.0. The Morgan fingerprint density at radius 3 is 2.03 bits per heavy atom. The Hall–Kier alpha value is -1.62. The number of aryl methyl sites for hydroxylation is 2. The molecular weight excluding hydrogens is 600 g/mol. The fourth-order valence-corrected chi connectivity index (χ4v) is 4.74. The molecular formula is C27H44Br2N6O2. The predicted molar refractivity (Wildman–Crippen MR) is 143 cm³/mol. The van der Waals surface area contributed by atoms with Gasteiger partial charge in [0.15, 0.2) is 11.5 Å². The van der Waals surface area contributed by atoms with Crippen LogP contribution in [-0.2, 0) is 19.6 Å². The molecule has 2 heterocycles. The summed E-state index contributed by atoms with van der Waals surface area (Å²) >= 11 is 0. The lowest BCUT2D eigenvalue weighted by atomic mass is 10.0. The Bertz CT molecular complexity index is 1270. The summed E-state index contributed by atoms with van der Waals surface area (Å²) in [4.78, 5) is 35.6. The summed E-state index contributed by atoms with van der Waals surface area (Å²) in [5.74, 6) is 0.402. The molecule has 0 bridgehead atoms. The van der Waals surface area contributed by atoms with Crippen LogP contribution in [0.15, 0.2) is 21.7 Å². The van der Waals surface area contributed by atoms with E-state index < -0.39 is 5.69 Å². The maximum Gasteiger partial charge on any atom is 0.352 e. The lowest BCUT2D eigenvalue weighted by molar-refractivity contribution is -0.936. The molecule has 0 spiro atoms. The number of hydrogen-bond donors (Lipinski definition) is 0. The lowest BCUT2D eigenvalue weighted by Gasteiger charge is -2.36. The number of nitrogens with zero attached hydrogens (tertiary/aromatic N) is 6. The van der Waals surface area contributed by atoms with Crippen LogP contribution in [0.5, 0.6) is 0 Å². The van der Waals surface area contributed by atoms with Crippen LogP contribution < -0.4 is 45.2 Å². The number of hydrogen-bond acceptors (Lipinski definition) is 4. The van der Waals surface area contributed by atoms with Gasteiger partial charge in [-0.2, -0.15) is 4.98 Å². The van der Waals surface area contributed by atoms with E-state index in [0.717, 1.165) is 54.5 Å². The number of benzene rings is 1. The second-order valence-corrected chi connectivity index (χ2v) is 10.9. The largest absolute Gasteiger partial charge is 1.00 e. The summed E-state index contributed by atoms with van der Waals surface area (Å²) in [5, 5.41) is 0. The van der Waals surface area contributed by atoms with Gasteiger partial charge in [0.2, 0.25) is 0 Å². The van der Waals surface area contributed by atoms with Gasteiger partial charge in [-0.1, -0.05) is 13.3 Å². The third-order valence-corrected chi connectivity index (χ3v) is 7.55. The van der Waals surface area contributed by atoms with Crippen molar-refractivity contribution in [2.24, 2.45) is 0 Å². The number of fused-ring (bicyclic) bond motifs is 2. The second-order valence-electron chi connectivity index (χ2n) is 10.9. The summed E-state index contributed by atoms with van der Waals surface area (Å²) in [6.07, 6.45) is 1.94. The molecule has 0 radical (unpaired) electrons. The Balaban J connectivity index is 0.00000342. The molecule has 0 atom stereocenters. The topological polar surface area (TPSA) is 69.8 Å². The summed E-state index contributed by atoms with van der Waals surface area (Å²) in [6.45, 7) is 16.9. The quantitative estimate of drug-likeness (QED) is 0.168. The first-order valence-corrected chi connectivity index (χ1v) is 13.1. The minimum Gasteiger partial charge on any atom is -1.00 e. The van der Waals surface area contributed by atoms with Gasteiger partial charge in [-0.05, 0) is 51.8 Å². The van der Waals surface area contributed by atoms with Crippen molar-refractivity contribution in [2.45, 2.75) is 67.1 Å². The fraction of sp³-hybridized carbons (Fsp3) is 0.630. The van der Waals surface area contributed by atoms with E-state index in [-0.39, 0.29) is 45.2 Å². The van der Waals surface area contributed by atoms with Crippen molar-refractivity contribution in [3.8, 4) is 11.5 Å². The molecule has 2 aliphatic rings. The van der Waals surface area contributed by atoms with Gasteiger partial charge in [0, 0.05) is 12.1 Å². The first kappa shape index (κ1) is 33.4. The monoisotopic (exact) mass is 642 g/mol. The van der Waals surface area contributed by atoms with Gasteiger partial charge in [-0.15, -0.1) is 0 Å². The van der Waals surface area contributed by atoms with Crippen molar-refractivity contribution in [1.29, 1.82) is 0 Å². The van der Waals surface area contributed by atoms with E-state index in [1.54, 1.807) is 0 Å². The fourth-order valence-electron chi connectivity index (χ4n) is 4.74. The highest BCUT2D eigenvalue weighted by atomic mass is 79.9. The maximum atomic E-state index is 13.4. The zero-order valence-corrected chi connectivity index (χ0v) is 26.9. The molecule has 37 heavy (non-hydrogen) atoms. The molecule has 2 aliphatic heterocycles. The third-order valence-electron chi connectivity index (χ3n) is 7.55. The maximum absolute atomic E-state index is 13.4. The molecule has 10 heteroatoms. The SMILES string of the molecule is CCCCn1c2nc(=O)n(CC[N+](C)(C)C)c(=O)c-2nc2cc(C)c(C[N+](CC)(CC)CC)cc21.[Br-].[Br-]. The van der Waals surface area contributed by atoms with E-state index >= 15 is 0 Å². The zero-order chi connectivity index (χ0) is 26.0. The standard InChI is InChI=1S/C27H44N6O2.2BrH/c1-9-13-14-30-23-18-21(19-33(10-2,11-3)12-4)20(5)17-22(23)28-24-25(30)29-27(35)31(26(24)34)15-16-32(6,7)8;;/h17-18H,9-16,19H2,1-8H3;2*1H/q+2;;/p-2. The third kappa shape index (κ3) is 7.28. The van der Waals surface area contributed by atoms with E-state index in [1.807, 2.05) is 21.1 Å². The molecule has 0 N–H and O–H groups in total. The molecule has 1 aromatic rings. The first-order chi connectivity index (χ1) is 16.5. The molecule has 208 valence electrons. The smallest absolute Gasteiger partial charge is 0.352 e. The highest BCUT2D eigenvalue weighted by molar-refractivity contribution is 5.81. The Labute approximate surface area is 242 Å². The minimum absolute atomic E-state index is 0. The molecule has 0 amide bonds. The van der Waals surface area contributed by atoms with E-state index in [4.69, 9.17) is 4.98 Å². The second kappa shape index (κ2) is 13.4. The average Bonchev–Trinajstić information content (AvgIpc) is 2.80. The lowest BCUT2D eigenvalue weighted by Crippen LogP contribution is -3.00. The Kier molecular flexibility index (Phi) is 12.1. The molecule has 3 rings (SSSR count). The van der Waals surface area contributed by atoms with Crippen LogP contribution in [0.2, 0.25) is 0 Å². The number of likely N-dealkylation sites (N-methyl/N-ethyl adjacent to an activating group) is 1. The molecule has 0 fully saturated rings. The van der Waals surface area contributed by atoms with Gasteiger partial charge in [0.25, 0.3) is 5.56 Å². The van der Waals surface area contributed by atoms with Gasteiger partial charge in [0.05, 0.1) is 64.9 Å². The molecule has 0 saturated carbocycles. The van der Waals surface area contributed by atoms with E-state index in [0.29, 0.717) is 29.9 Å². The summed E-state index contributed by atoms with van der Waals surface area (Å²) in [5.41, 5.74) is 3.64. The molecule has 0 aromatic heterocycles. The van der Waals surface area contributed by atoms with Crippen LogP contribution in [0, 0.1) is 6.92 Å². The van der Waals surface area contributed by atoms with Gasteiger partial charge < -0.3 is 47.5 Å². The van der Waals surface area contributed by atoms with Crippen LogP contribution in [0.25, 0.3) is 22.6 Å². The molecule has 0 saturated heterocycles. The molecule has 0 aliphatic carbocycles. The van der Waals surface area contributed by atoms with Gasteiger partial charge in [0.1, 0.15) is 6.54 Å². The average molecular weight is 644 g/mol. The predicted octanol–water partition coefficient (Wildman–Crippen LogP) is -2.74. The van der Waals surface area contributed by atoms with Crippen molar-refractivity contribution < 1.29 is 42.9 Å². The van der Waals surface area contributed by atoms with Crippen molar-refractivity contribution in [2.75, 3.05) is 47.3 Å². The number of unbranched alkanes of at least 4 members (excludes halogenated alkanes) is 1. The van der Waals surface area contributed by atoms with Gasteiger partial charge in [-0.25, -0.2) is 9.78 Å². The summed E-state index contributed by atoms with van der Waals surface area (Å²) in [7, 11) is 6.12. The number of halogens is 2. The summed E-state index contributed by atoms with van der Waals surface area (Å²) < 4.78 is 4.96. The van der Waals surface area contributed by atoms with E-state index in [9.17, 15) is 9.59 Å². The van der Waals surface area contributed by atoms with Crippen LogP contribution in [0.4, 0.5) is 0 Å². The Morgan fingerprint density at radius 1 is 0.865 bits per heavy atom. The molecule has 1 aromatic carbocycles. The van der Waals surface area contributed by atoms with Crippen LogP contribution in [0.3, 0.4) is 0 Å². The highest BCUT2D eigenvalue weighted by Crippen LogP contribution is 2.27. The van der Waals surface area contributed by atoms with E-state index in [1.165, 1.54) is 15.7 Å². The van der Waals surface area contributed by atoms with Crippen LogP contribution >= 0.6 is 0 Å². The molecule has 8 nitrogen and oxygen atoms in total. The number of rotatable bonds is 11. The van der Waals surface area contributed by atoms with Gasteiger partial charge in [-0.3, -0.25) is 9.36 Å². The first-order valence-electron chi connectivity index (χ1n) is 13.1. The van der Waals surface area contributed by atoms with Crippen molar-refractivity contribution in [3.05, 3.63) is 44.1 Å². The number of aromatic nitrogens is 4. The molecule has 0 unspecified atom stereocenters.